The summed E-state index contributed by atoms with van der Waals surface area (Å²) in [5.41, 5.74) is -1.45. The zero-order valence-corrected chi connectivity index (χ0v) is 16.4. The van der Waals surface area contributed by atoms with E-state index < -0.39 is 23.1 Å². The minimum Gasteiger partial charge on any atom is -0.442 e. The summed E-state index contributed by atoms with van der Waals surface area (Å²) in [6.07, 6.45) is -0.807. The lowest BCUT2D eigenvalue weighted by Gasteiger charge is -2.40. The van der Waals surface area contributed by atoms with Gasteiger partial charge in [0.15, 0.2) is 0 Å². The van der Waals surface area contributed by atoms with Crippen molar-refractivity contribution in [1.29, 1.82) is 0 Å². The van der Waals surface area contributed by atoms with Crippen molar-refractivity contribution in [2.24, 2.45) is 4.99 Å². The van der Waals surface area contributed by atoms with E-state index in [2.05, 4.69) is 26.2 Å². The number of halogens is 2. The summed E-state index contributed by atoms with van der Waals surface area (Å²) in [7, 11) is 1.50. The van der Waals surface area contributed by atoms with E-state index in [0.717, 1.165) is 0 Å². The molecule has 0 aliphatic carbocycles. The molecule has 1 N–H and O–H groups in total. The second kappa shape index (κ2) is 6.74. The molecule has 1 atom stereocenters. The van der Waals surface area contributed by atoms with Gasteiger partial charge in [0.05, 0.1) is 12.0 Å². The molecule has 1 aromatic rings. The number of aliphatic imine (C=N–C) groups is 1. The van der Waals surface area contributed by atoms with Gasteiger partial charge < -0.3 is 10.1 Å². The number of ether oxygens (including phenoxy) is 1. The molecule has 2 rings (SSSR count). The third-order valence-electron chi connectivity index (χ3n) is 3.70. The number of rotatable bonds is 1. The van der Waals surface area contributed by atoms with Gasteiger partial charge in [-0.1, -0.05) is 15.9 Å². The van der Waals surface area contributed by atoms with Gasteiger partial charge in [0.1, 0.15) is 11.4 Å². The minimum atomic E-state index is -1.04. The van der Waals surface area contributed by atoms with Gasteiger partial charge in [-0.2, -0.15) is 0 Å². The van der Waals surface area contributed by atoms with Gasteiger partial charge in [-0.05, 0) is 45.9 Å². The maximum absolute atomic E-state index is 14.3. The van der Waals surface area contributed by atoms with Gasteiger partial charge in [0, 0.05) is 17.1 Å². The summed E-state index contributed by atoms with van der Waals surface area (Å²) in [6.45, 7) is 6.84. The summed E-state index contributed by atoms with van der Waals surface area (Å²) < 4.78 is 20.2. The van der Waals surface area contributed by atoms with Crippen molar-refractivity contribution in [3.05, 3.63) is 34.1 Å². The monoisotopic (exact) mass is 413 g/mol. The van der Waals surface area contributed by atoms with E-state index >= 15 is 0 Å². The fourth-order valence-electron chi connectivity index (χ4n) is 2.47. The Morgan fingerprint density at radius 3 is 2.68 bits per heavy atom. The molecule has 0 unspecified atom stereocenters. The summed E-state index contributed by atoms with van der Waals surface area (Å²) >= 11 is 3.31. The highest BCUT2D eigenvalue weighted by molar-refractivity contribution is 9.10. The molecule has 136 valence electrons. The molecule has 2 amide bonds. The summed E-state index contributed by atoms with van der Waals surface area (Å²) in [4.78, 5) is 29.4. The van der Waals surface area contributed by atoms with Crippen LogP contribution in [0.5, 0.6) is 0 Å². The van der Waals surface area contributed by atoms with E-state index in [9.17, 15) is 14.0 Å². The Hall–Kier alpha value is -1.96. The van der Waals surface area contributed by atoms with Crippen molar-refractivity contribution in [1.82, 2.24) is 10.2 Å². The van der Waals surface area contributed by atoms with Crippen molar-refractivity contribution >= 4 is 33.9 Å². The first-order valence-corrected chi connectivity index (χ1v) is 8.52. The van der Waals surface area contributed by atoms with Crippen molar-refractivity contribution in [2.75, 3.05) is 7.05 Å². The van der Waals surface area contributed by atoms with E-state index in [1.165, 1.54) is 18.0 Å². The molecule has 0 saturated carbocycles. The molecular weight excluding hydrogens is 393 g/mol. The van der Waals surface area contributed by atoms with Crippen molar-refractivity contribution < 1.29 is 18.7 Å². The van der Waals surface area contributed by atoms with Crippen LogP contribution in [0.25, 0.3) is 0 Å². The van der Waals surface area contributed by atoms with Crippen molar-refractivity contribution in [3.8, 4) is 0 Å². The SMILES string of the molecule is CN1C(=O)C[C@@](C)(c2cc(Br)ccc2F)N/C1=N\C(=O)OC(C)(C)C. The Labute approximate surface area is 154 Å². The van der Waals surface area contributed by atoms with Crippen molar-refractivity contribution in [3.63, 3.8) is 0 Å². The molecule has 0 aromatic heterocycles. The number of hydrogen-bond donors (Lipinski definition) is 1. The Morgan fingerprint density at radius 1 is 1.44 bits per heavy atom. The van der Waals surface area contributed by atoms with Crippen LogP contribution in [-0.2, 0) is 15.1 Å². The van der Waals surface area contributed by atoms with Crippen LogP contribution < -0.4 is 5.32 Å². The van der Waals surface area contributed by atoms with Crippen molar-refractivity contribution in [2.45, 2.75) is 45.3 Å². The Balaban J connectivity index is 2.39. The van der Waals surface area contributed by atoms with Crippen LogP contribution in [-0.4, -0.2) is 35.5 Å². The Bertz CT molecular complexity index is 745. The number of amides is 2. The molecule has 1 fully saturated rings. The first kappa shape index (κ1) is 19.4. The summed E-state index contributed by atoms with van der Waals surface area (Å²) in [6, 6.07) is 4.50. The fourth-order valence-corrected chi connectivity index (χ4v) is 2.83. The van der Waals surface area contributed by atoms with Gasteiger partial charge in [0.25, 0.3) is 0 Å². The zero-order valence-electron chi connectivity index (χ0n) is 14.8. The highest BCUT2D eigenvalue weighted by Crippen LogP contribution is 2.32. The second-order valence-corrected chi connectivity index (χ2v) is 8.04. The van der Waals surface area contributed by atoms with Gasteiger partial charge in [-0.25, -0.2) is 9.18 Å². The van der Waals surface area contributed by atoms with E-state index in [0.29, 0.717) is 10.0 Å². The number of benzene rings is 1. The second-order valence-electron chi connectivity index (χ2n) is 7.13. The molecule has 8 heteroatoms. The lowest BCUT2D eigenvalue weighted by atomic mass is 9.86. The topological polar surface area (TPSA) is 71.0 Å². The first-order valence-electron chi connectivity index (χ1n) is 7.73. The average molecular weight is 414 g/mol. The van der Waals surface area contributed by atoms with Crippen LogP contribution in [0, 0.1) is 5.82 Å². The van der Waals surface area contributed by atoms with Crippen LogP contribution in [0.15, 0.2) is 27.7 Å². The Morgan fingerprint density at radius 2 is 2.08 bits per heavy atom. The maximum Gasteiger partial charge on any atom is 0.437 e. The normalized spacial score (nSPS) is 22.8. The molecule has 1 aliphatic heterocycles. The summed E-state index contributed by atoms with van der Waals surface area (Å²) in [5.74, 6) is -0.720. The van der Waals surface area contributed by atoms with Gasteiger partial charge in [-0.3, -0.25) is 9.69 Å². The average Bonchev–Trinajstić information content (AvgIpc) is 2.45. The number of nitrogens with zero attached hydrogens (tertiary/aromatic N) is 2. The largest absolute Gasteiger partial charge is 0.442 e. The van der Waals surface area contributed by atoms with E-state index in [-0.39, 0.29) is 18.3 Å². The van der Waals surface area contributed by atoms with Crippen LogP contribution >= 0.6 is 15.9 Å². The summed E-state index contributed by atoms with van der Waals surface area (Å²) in [5, 5.41) is 3.00. The lowest BCUT2D eigenvalue weighted by Crippen LogP contribution is -2.59. The molecular formula is C17H21BrFN3O3. The number of guanidine groups is 1. The molecule has 1 heterocycles. The molecule has 1 aromatic carbocycles. The maximum atomic E-state index is 14.3. The minimum absolute atomic E-state index is 0.0181. The highest BCUT2D eigenvalue weighted by Gasteiger charge is 2.40. The fraction of sp³-hybridized carbons (Fsp3) is 0.471. The number of nitrogens with one attached hydrogen (secondary N) is 1. The first-order chi connectivity index (χ1) is 11.4. The number of carbonyl (C=O) groups excluding carboxylic acids is 2. The van der Waals surface area contributed by atoms with Gasteiger partial charge in [-0.15, -0.1) is 4.99 Å². The molecule has 25 heavy (non-hydrogen) atoms. The number of carbonyl (C=O) groups is 2. The number of hydrogen-bond acceptors (Lipinski definition) is 3. The highest BCUT2D eigenvalue weighted by atomic mass is 79.9. The van der Waals surface area contributed by atoms with Gasteiger partial charge >= 0.3 is 6.09 Å². The molecule has 6 nitrogen and oxygen atoms in total. The molecule has 0 radical (unpaired) electrons. The molecule has 0 bridgehead atoms. The predicted octanol–water partition coefficient (Wildman–Crippen LogP) is 3.55. The van der Waals surface area contributed by atoms with Crippen LogP contribution in [0.1, 0.15) is 39.7 Å². The smallest absolute Gasteiger partial charge is 0.437 e. The van der Waals surface area contributed by atoms with Crippen LogP contribution in [0.3, 0.4) is 0 Å². The zero-order chi connectivity index (χ0) is 19.0. The predicted molar refractivity (Wildman–Crippen MR) is 95.6 cm³/mol. The molecule has 1 saturated heterocycles. The van der Waals surface area contributed by atoms with E-state index in [1.54, 1.807) is 39.8 Å². The molecule has 1 aliphatic rings. The van der Waals surface area contributed by atoms with Crippen LogP contribution in [0.4, 0.5) is 9.18 Å². The van der Waals surface area contributed by atoms with Gasteiger partial charge in [0.2, 0.25) is 11.9 Å². The third kappa shape index (κ3) is 4.56. The van der Waals surface area contributed by atoms with E-state index in [4.69, 9.17) is 4.74 Å². The van der Waals surface area contributed by atoms with E-state index in [1.807, 2.05) is 0 Å². The third-order valence-corrected chi connectivity index (χ3v) is 4.19. The standard InChI is InChI=1S/C17H21BrFN3O3/c1-16(2,3)25-15(24)20-14-21-17(4,9-13(23)22(14)5)11-8-10(18)6-7-12(11)19/h6-8H,9H2,1-5H3,(H,20,21,24)/t17-/m0/s1. The Kier molecular flexibility index (Phi) is 5.22. The lowest BCUT2D eigenvalue weighted by molar-refractivity contribution is -0.129. The molecule has 0 spiro atoms. The van der Waals surface area contributed by atoms with Crippen LogP contribution in [0.2, 0.25) is 0 Å². The quantitative estimate of drug-likeness (QED) is 0.763.